The average molecular weight is 506 g/mol. The minimum atomic E-state index is -0.116. The smallest absolute Gasteiger partial charge is 0.268 e. The van der Waals surface area contributed by atoms with Crippen molar-refractivity contribution in [3.63, 3.8) is 0 Å². The minimum absolute atomic E-state index is 0.116. The largest absolute Gasteiger partial charge is 0.497 e. The van der Waals surface area contributed by atoms with Gasteiger partial charge >= 0.3 is 0 Å². The first-order valence-corrected chi connectivity index (χ1v) is 13.0. The van der Waals surface area contributed by atoms with Crippen LogP contribution in [0.4, 0.5) is 0 Å². The first kappa shape index (κ1) is 24.0. The predicted octanol–water partition coefficient (Wildman–Crippen LogP) is 5.63. The van der Waals surface area contributed by atoms with Gasteiger partial charge in [0.1, 0.15) is 11.4 Å². The molecule has 7 nitrogen and oxygen atoms in total. The molecule has 38 heavy (non-hydrogen) atoms. The van der Waals surface area contributed by atoms with E-state index in [0.29, 0.717) is 24.8 Å². The molecule has 6 rings (SSSR count). The Morgan fingerprint density at radius 1 is 1.08 bits per heavy atom. The molecule has 0 radical (unpaired) electrons. The normalized spacial score (nSPS) is 15.7. The quantitative estimate of drug-likeness (QED) is 0.287. The van der Waals surface area contributed by atoms with Crippen molar-refractivity contribution in [2.24, 2.45) is 0 Å². The number of nitrogens with one attached hydrogen (secondary N) is 2. The summed E-state index contributed by atoms with van der Waals surface area (Å²) in [5.41, 5.74) is 5.82. The van der Waals surface area contributed by atoms with Crippen LogP contribution in [0.1, 0.15) is 46.1 Å². The number of aromatic amines is 1. The lowest BCUT2D eigenvalue weighted by molar-refractivity contribution is 0.0944. The fraction of sp³-hybridized carbons (Fsp3) is 0.226. The molecule has 192 valence electrons. The van der Waals surface area contributed by atoms with Crippen LogP contribution in [0.5, 0.6) is 5.75 Å². The molecular weight excluding hydrogens is 474 g/mol. The van der Waals surface area contributed by atoms with Crippen molar-refractivity contribution in [2.75, 3.05) is 13.7 Å². The van der Waals surface area contributed by atoms with Crippen molar-refractivity contribution in [2.45, 2.75) is 32.0 Å². The van der Waals surface area contributed by atoms with Gasteiger partial charge in [-0.15, -0.1) is 0 Å². The summed E-state index contributed by atoms with van der Waals surface area (Å²) in [4.78, 5) is 19.5. The van der Waals surface area contributed by atoms with E-state index in [1.807, 2.05) is 41.2 Å². The number of nitrogens with zero attached hydrogens (tertiary/aromatic N) is 3. The van der Waals surface area contributed by atoms with Gasteiger partial charge in [-0.3, -0.25) is 9.69 Å². The molecule has 1 saturated heterocycles. The minimum Gasteiger partial charge on any atom is -0.497 e. The molecule has 0 aliphatic carbocycles. The second kappa shape index (κ2) is 10.6. The van der Waals surface area contributed by atoms with E-state index in [4.69, 9.17) is 4.74 Å². The van der Waals surface area contributed by atoms with Gasteiger partial charge < -0.3 is 15.0 Å². The Balaban J connectivity index is 1.33. The van der Waals surface area contributed by atoms with Crippen molar-refractivity contribution in [3.05, 3.63) is 114 Å². The maximum atomic E-state index is 13.6. The number of methoxy groups -OCH3 is 1. The van der Waals surface area contributed by atoms with E-state index >= 15 is 0 Å². The monoisotopic (exact) mass is 505 g/mol. The third kappa shape index (κ3) is 4.80. The van der Waals surface area contributed by atoms with Crippen LogP contribution in [0.15, 0.2) is 91.3 Å². The van der Waals surface area contributed by atoms with Crippen molar-refractivity contribution in [1.29, 1.82) is 0 Å². The van der Waals surface area contributed by atoms with E-state index in [9.17, 15) is 4.79 Å². The van der Waals surface area contributed by atoms with Crippen molar-refractivity contribution in [1.82, 2.24) is 25.0 Å². The van der Waals surface area contributed by atoms with Crippen LogP contribution >= 0.6 is 0 Å². The molecule has 0 bridgehead atoms. The Labute approximate surface area is 222 Å². The Morgan fingerprint density at radius 3 is 2.79 bits per heavy atom. The van der Waals surface area contributed by atoms with E-state index in [0.717, 1.165) is 52.9 Å². The third-order valence-corrected chi connectivity index (χ3v) is 7.38. The highest BCUT2D eigenvalue weighted by molar-refractivity contribution is 6.01. The van der Waals surface area contributed by atoms with Crippen LogP contribution in [0.2, 0.25) is 0 Å². The number of fused-ring (bicyclic) bond motifs is 1. The number of benzene rings is 3. The molecule has 0 spiro atoms. The SMILES string of the molecule is COc1cccc(CNC(=O)c2[nH]c3cc(-n4cccn4)ccc3c2CN2CCCC2c2ccccc2)c1. The lowest BCUT2D eigenvalue weighted by Crippen LogP contribution is -2.27. The van der Waals surface area contributed by atoms with Crippen LogP contribution in [-0.4, -0.2) is 39.2 Å². The Morgan fingerprint density at radius 2 is 1.97 bits per heavy atom. The van der Waals surface area contributed by atoms with Crippen molar-refractivity contribution >= 4 is 16.8 Å². The van der Waals surface area contributed by atoms with Crippen LogP contribution in [-0.2, 0) is 13.1 Å². The molecule has 3 heterocycles. The van der Waals surface area contributed by atoms with Crippen LogP contribution in [0.25, 0.3) is 16.6 Å². The third-order valence-electron chi connectivity index (χ3n) is 7.38. The fourth-order valence-corrected chi connectivity index (χ4v) is 5.49. The standard InChI is InChI=1S/C31H31N5O2/c1-38-25-11-5-8-22(18-25)20-32-31(37)30-27(21-35-16-6-12-29(35)23-9-3-2-4-10-23)26-14-13-24(19-28(26)34-30)36-17-7-15-33-36/h2-5,7-11,13-15,17-19,29,34H,6,12,16,20-21H2,1H3,(H,32,37). The number of carbonyl (C=O) groups is 1. The van der Waals surface area contributed by atoms with Gasteiger partial charge in [-0.25, -0.2) is 4.68 Å². The Kier molecular flexibility index (Phi) is 6.67. The number of rotatable bonds is 8. The molecule has 2 N–H and O–H groups in total. The van der Waals surface area contributed by atoms with Crippen molar-refractivity contribution < 1.29 is 9.53 Å². The Hall–Kier alpha value is -4.36. The molecule has 1 atom stereocenters. The number of likely N-dealkylation sites (tertiary alicyclic amines) is 1. The van der Waals surface area contributed by atoms with Gasteiger partial charge in [-0.2, -0.15) is 5.10 Å². The summed E-state index contributed by atoms with van der Waals surface area (Å²) in [5, 5.41) is 8.54. The predicted molar refractivity (Wildman–Crippen MR) is 148 cm³/mol. The van der Waals surface area contributed by atoms with Crippen LogP contribution < -0.4 is 10.1 Å². The summed E-state index contributed by atoms with van der Waals surface area (Å²) in [6.07, 6.45) is 5.94. The van der Waals surface area contributed by atoms with Gasteiger partial charge in [0, 0.05) is 48.0 Å². The van der Waals surface area contributed by atoms with Gasteiger partial charge in [-0.05, 0) is 60.8 Å². The first-order valence-electron chi connectivity index (χ1n) is 13.0. The highest BCUT2D eigenvalue weighted by atomic mass is 16.5. The van der Waals surface area contributed by atoms with E-state index < -0.39 is 0 Å². The summed E-state index contributed by atoms with van der Waals surface area (Å²) in [5.74, 6) is 0.658. The lowest BCUT2D eigenvalue weighted by atomic mass is 10.0. The molecule has 0 saturated carbocycles. The van der Waals surface area contributed by atoms with E-state index in [1.54, 1.807) is 13.3 Å². The number of carbonyl (C=O) groups excluding carboxylic acids is 1. The molecule has 2 aromatic heterocycles. The summed E-state index contributed by atoms with van der Waals surface area (Å²) in [7, 11) is 1.65. The molecular formula is C31H31N5O2. The van der Waals surface area contributed by atoms with E-state index in [1.165, 1.54) is 5.56 Å². The number of amides is 1. The van der Waals surface area contributed by atoms with Crippen LogP contribution in [0, 0.1) is 0 Å². The van der Waals surface area contributed by atoms with Gasteiger partial charge in [-0.1, -0.05) is 48.5 Å². The highest BCUT2D eigenvalue weighted by Gasteiger charge is 2.29. The van der Waals surface area contributed by atoms with Crippen LogP contribution in [0.3, 0.4) is 0 Å². The maximum absolute atomic E-state index is 13.6. The van der Waals surface area contributed by atoms with Gasteiger partial charge in [0.15, 0.2) is 0 Å². The summed E-state index contributed by atoms with van der Waals surface area (Å²) in [6, 6.07) is 26.9. The number of hydrogen-bond donors (Lipinski definition) is 2. The van der Waals surface area contributed by atoms with Gasteiger partial charge in [0.25, 0.3) is 5.91 Å². The zero-order valence-electron chi connectivity index (χ0n) is 21.4. The summed E-state index contributed by atoms with van der Waals surface area (Å²) >= 11 is 0. The number of ether oxygens (including phenoxy) is 1. The molecule has 3 aromatic carbocycles. The first-order chi connectivity index (χ1) is 18.7. The second-order valence-corrected chi connectivity index (χ2v) is 9.73. The molecule has 5 aromatic rings. The second-order valence-electron chi connectivity index (χ2n) is 9.73. The highest BCUT2D eigenvalue weighted by Crippen LogP contribution is 2.35. The topological polar surface area (TPSA) is 75.2 Å². The number of H-pyrrole nitrogens is 1. The molecule has 1 amide bonds. The number of hydrogen-bond acceptors (Lipinski definition) is 4. The number of aromatic nitrogens is 3. The van der Waals surface area contributed by atoms with Crippen molar-refractivity contribution in [3.8, 4) is 11.4 Å². The van der Waals surface area contributed by atoms with Gasteiger partial charge in [0.05, 0.1) is 12.8 Å². The zero-order chi connectivity index (χ0) is 25.9. The summed E-state index contributed by atoms with van der Waals surface area (Å²) < 4.78 is 7.16. The van der Waals surface area contributed by atoms with E-state index in [2.05, 4.69) is 68.8 Å². The zero-order valence-corrected chi connectivity index (χ0v) is 21.4. The summed E-state index contributed by atoms with van der Waals surface area (Å²) in [6.45, 7) is 2.12. The van der Waals surface area contributed by atoms with E-state index in [-0.39, 0.29) is 5.91 Å². The van der Waals surface area contributed by atoms with Gasteiger partial charge in [0.2, 0.25) is 0 Å². The Bertz CT molecular complexity index is 1540. The molecule has 1 fully saturated rings. The lowest BCUT2D eigenvalue weighted by Gasteiger charge is -2.25. The fourth-order valence-electron chi connectivity index (χ4n) is 5.49. The molecule has 1 aliphatic heterocycles. The maximum Gasteiger partial charge on any atom is 0.268 e. The molecule has 7 heteroatoms. The average Bonchev–Trinajstić information content (AvgIpc) is 3.73. The molecule has 1 unspecified atom stereocenters. The molecule has 1 aliphatic rings.